The second kappa shape index (κ2) is 16.0. The molecule has 0 spiro atoms. The van der Waals surface area contributed by atoms with E-state index < -0.39 is 33.5 Å². The van der Waals surface area contributed by atoms with Crippen molar-refractivity contribution in [2.24, 2.45) is 0 Å². The fourth-order valence-electron chi connectivity index (χ4n) is 3.82. The molecule has 0 bridgehead atoms. The molecule has 18 heteroatoms. The van der Waals surface area contributed by atoms with Crippen LogP contribution in [-0.4, -0.2) is 143 Å². The molecule has 2 saturated heterocycles. The predicted octanol–water partition coefficient (Wildman–Crippen LogP) is 3.11. The molecular weight excluding hydrogens is 585 g/mol. The van der Waals surface area contributed by atoms with Gasteiger partial charge in [0.2, 0.25) is 0 Å². The maximum Gasteiger partial charge on any atom is 0.367 e. The molecule has 0 radical (unpaired) electrons. The van der Waals surface area contributed by atoms with Gasteiger partial charge in [0.25, 0.3) is 0 Å². The van der Waals surface area contributed by atoms with Crippen molar-refractivity contribution < 1.29 is 47.7 Å². The molecule has 0 aliphatic carbocycles. The van der Waals surface area contributed by atoms with Crippen molar-refractivity contribution in [2.45, 2.75) is 12.3 Å². The zero-order chi connectivity index (χ0) is 28.2. The van der Waals surface area contributed by atoms with E-state index in [9.17, 15) is 28.8 Å². The highest BCUT2D eigenvalue weighted by molar-refractivity contribution is 8.14. The van der Waals surface area contributed by atoms with E-state index in [1.807, 2.05) is 0 Å². The van der Waals surface area contributed by atoms with Crippen LogP contribution < -0.4 is 0 Å². The molecule has 0 unspecified atom stereocenters. The van der Waals surface area contributed by atoms with Crippen LogP contribution in [0.3, 0.4) is 0 Å². The van der Waals surface area contributed by atoms with Crippen LogP contribution in [0.5, 0.6) is 0 Å². The van der Waals surface area contributed by atoms with Gasteiger partial charge in [0.1, 0.15) is 12.3 Å². The fourth-order valence-corrected chi connectivity index (χ4v) is 6.11. The molecule has 2 fully saturated rings. The summed E-state index contributed by atoms with van der Waals surface area (Å²) in [4.78, 5) is 79.5. The smallest absolute Gasteiger partial charge is 0.367 e. The number of hydrogen-bond donors (Lipinski definition) is 0. The number of carbonyl (C=O) groups is 6. The van der Waals surface area contributed by atoms with Crippen LogP contribution in [0.4, 0.5) is 28.8 Å². The molecule has 4 amide bonds. The number of ether oxygens (including phenoxy) is 4. The number of hydrogen-bond acceptors (Lipinski definition) is 14. The monoisotopic (exact) mass is 614 g/mol. The lowest BCUT2D eigenvalue weighted by atomic mass is 10.3. The standard InChI is InChI=1S/C20H30N4O10S4/c1-31-17(27)35-9-5-21-13-14(23(15(21)25)7-11-37-19(29)33-3)24(8-12-38-20(30)34-4)16(26)22(13)6-10-36-18(28)32-2/h13-14H,5-12H2,1-4H3. The second-order valence-corrected chi connectivity index (χ2v) is 11.5. The summed E-state index contributed by atoms with van der Waals surface area (Å²) in [6, 6.07) is -0.751. The van der Waals surface area contributed by atoms with Crippen molar-refractivity contribution in [2.75, 3.05) is 77.6 Å². The minimum absolute atomic E-state index is 0.138. The first-order valence-corrected chi connectivity index (χ1v) is 15.1. The first-order chi connectivity index (χ1) is 18.2. The van der Waals surface area contributed by atoms with Gasteiger partial charge in [-0.25, -0.2) is 28.8 Å². The van der Waals surface area contributed by atoms with Gasteiger partial charge in [-0.15, -0.1) is 0 Å². The summed E-state index contributed by atoms with van der Waals surface area (Å²) in [6.45, 7) is 0.552. The Labute approximate surface area is 237 Å². The van der Waals surface area contributed by atoms with Crippen molar-refractivity contribution in [3.8, 4) is 0 Å². The normalized spacial score (nSPS) is 18.5. The molecular formula is C20H30N4O10S4. The number of thioether (sulfide) groups is 4. The Bertz CT molecular complexity index is 764. The maximum atomic E-state index is 13.5. The van der Waals surface area contributed by atoms with Crippen LogP contribution in [0.1, 0.15) is 0 Å². The summed E-state index contributed by atoms with van der Waals surface area (Å²) >= 11 is 3.59. The first kappa shape index (κ1) is 32.0. The number of nitrogens with zero attached hydrogens (tertiary/aromatic N) is 4. The molecule has 2 heterocycles. The van der Waals surface area contributed by atoms with Gasteiger partial charge < -0.3 is 18.9 Å². The lowest BCUT2D eigenvalue weighted by Crippen LogP contribution is -2.48. The molecule has 0 N–H and O–H groups in total. The highest BCUT2D eigenvalue weighted by Crippen LogP contribution is 2.36. The highest BCUT2D eigenvalue weighted by Gasteiger charge is 2.58. The van der Waals surface area contributed by atoms with E-state index in [2.05, 4.69) is 18.9 Å². The number of rotatable bonds is 12. The molecule has 0 aromatic heterocycles. The predicted molar refractivity (Wildman–Crippen MR) is 145 cm³/mol. The minimum Gasteiger partial charge on any atom is -0.461 e. The Morgan fingerprint density at radius 3 is 0.921 bits per heavy atom. The summed E-state index contributed by atoms with van der Waals surface area (Å²) in [5.41, 5.74) is 0. The van der Waals surface area contributed by atoms with Gasteiger partial charge in [0, 0.05) is 49.2 Å². The largest absolute Gasteiger partial charge is 0.461 e. The van der Waals surface area contributed by atoms with E-state index >= 15 is 0 Å². The van der Waals surface area contributed by atoms with E-state index in [4.69, 9.17) is 0 Å². The minimum atomic E-state index is -0.724. The van der Waals surface area contributed by atoms with Crippen molar-refractivity contribution >= 4 is 80.3 Å². The van der Waals surface area contributed by atoms with E-state index in [0.29, 0.717) is 0 Å². The number of amides is 4. The van der Waals surface area contributed by atoms with E-state index in [1.54, 1.807) is 0 Å². The Morgan fingerprint density at radius 1 is 0.526 bits per heavy atom. The summed E-state index contributed by atoms with van der Waals surface area (Å²) in [7, 11) is 5.03. The van der Waals surface area contributed by atoms with Crippen molar-refractivity contribution in [1.82, 2.24) is 19.6 Å². The van der Waals surface area contributed by atoms with E-state index in [0.717, 1.165) is 47.0 Å². The lowest BCUT2D eigenvalue weighted by molar-refractivity contribution is 0.136. The van der Waals surface area contributed by atoms with Crippen molar-refractivity contribution in [1.29, 1.82) is 0 Å². The molecule has 0 saturated carbocycles. The van der Waals surface area contributed by atoms with Gasteiger partial charge in [-0.05, 0) is 47.0 Å². The molecule has 14 nitrogen and oxygen atoms in total. The Morgan fingerprint density at radius 2 is 0.737 bits per heavy atom. The van der Waals surface area contributed by atoms with Crippen molar-refractivity contribution in [3.05, 3.63) is 0 Å². The summed E-state index contributed by atoms with van der Waals surface area (Å²) in [5, 5.41) is -2.02. The molecule has 2 aliphatic heterocycles. The topological polar surface area (TPSA) is 152 Å². The van der Waals surface area contributed by atoms with Gasteiger partial charge in [-0.1, -0.05) is 0 Å². The number of methoxy groups -OCH3 is 4. The van der Waals surface area contributed by atoms with E-state index in [-0.39, 0.29) is 61.3 Å². The fraction of sp³-hybridized carbons (Fsp3) is 0.700. The SMILES string of the molecule is COC(=O)SCCN1C(=O)N(CCSC(=O)OC)C2C1N(CCSC(=O)OC)C(=O)N2CCSC(=O)OC. The maximum absolute atomic E-state index is 13.5. The second-order valence-electron chi connectivity index (χ2n) is 7.38. The van der Waals surface area contributed by atoms with Crippen LogP contribution in [0.2, 0.25) is 0 Å². The van der Waals surface area contributed by atoms with Crippen molar-refractivity contribution in [3.63, 3.8) is 0 Å². The number of fused-ring (bicyclic) bond motifs is 1. The Kier molecular flexibility index (Phi) is 13.5. The third kappa shape index (κ3) is 8.41. The molecule has 2 aliphatic rings. The van der Waals surface area contributed by atoms with Crippen LogP contribution in [0.25, 0.3) is 0 Å². The molecule has 214 valence electrons. The third-order valence-electron chi connectivity index (χ3n) is 5.40. The average molecular weight is 615 g/mol. The van der Waals surface area contributed by atoms with Gasteiger partial charge in [0.05, 0.1) is 28.4 Å². The number of urea groups is 2. The van der Waals surface area contributed by atoms with Crippen LogP contribution in [0, 0.1) is 0 Å². The molecule has 2 rings (SSSR count). The molecule has 0 atom stereocenters. The van der Waals surface area contributed by atoms with Gasteiger partial charge >= 0.3 is 33.3 Å². The quantitative estimate of drug-likeness (QED) is 0.234. The molecule has 0 aromatic carbocycles. The van der Waals surface area contributed by atoms with E-state index in [1.165, 1.54) is 48.0 Å². The van der Waals surface area contributed by atoms with Gasteiger partial charge in [0.15, 0.2) is 0 Å². The third-order valence-corrected chi connectivity index (χ3v) is 8.56. The Balaban J connectivity index is 2.31. The first-order valence-electron chi connectivity index (χ1n) is 11.2. The lowest BCUT2D eigenvalue weighted by Gasteiger charge is -2.29. The number of carbonyl (C=O) groups excluding carboxylic acids is 6. The summed E-state index contributed by atoms with van der Waals surface area (Å²) < 4.78 is 18.6. The van der Waals surface area contributed by atoms with Crippen LogP contribution >= 0.6 is 47.0 Å². The Hall–Kier alpha value is -2.18. The average Bonchev–Trinajstić information content (AvgIpc) is 3.33. The highest BCUT2D eigenvalue weighted by atomic mass is 32.2. The van der Waals surface area contributed by atoms with Crippen LogP contribution in [0.15, 0.2) is 0 Å². The zero-order valence-corrected chi connectivity index (χ0v) is 24.6. The van der Waals surface area contributed by atoms with Gasteiger partial charge in [-0.3, -0.25) is 19.6 Å². The summed E-state index contributed by atoms with van der Waals surface area (Å²) in [5.74, 6) is 0.903. The molecule has 0 aromatic rings. The zero-order valence-electron chi connectivity index (χ0n) is 21.3. The van der Waals surface area contributed by atoms with Crippen LogP contribution in [-0.2, 0) is 18.9 Å². The van der Waals surface area contributed by atoms with Gasteiger partial charge in [-0.2, -0.15) is 0 Å². The summed E-state index contributed by atoms with van der Waals surface area (Å²) in [6.07, 6.45) is -1.45. The molecule has 38 heavy (non-hydrogen) atoms.